The molecule has 0 spiro atoms. The van der Waals surface area contributed by atoms with Crippen LogP contribution in [-0.4, -0.2) is 59.4 Å². The predicted octanol–water partition coefficient (Wildman–Crippen LogP) is 0.814. The number of likely N-dealkylation sites (N-methyl/N-ethyl adjacent to an activating group) is 1. The van der Waals surface area contributed by atoms with E-state index in [0.717, 1.165) is 12.8 Å². The highest BCUT2D eigenvalue weighted by Gasteiger charge is 2.44. The third-order valence-corrected chi connectivity index (χ3v) is 4.86. The maximum Gasteiger partial charge on any atom is 0.307 e. The molecule has 21 heavy (non-hydrogen) atoms. The topological polar surface area (TPSA) is 77.9 Å². The van der Waals surface area contributed by atoms with Crippen LogP contribution in [-0.2, 0) is 14.4 Å². The van der Waals surface area contributed by atoms with Gasteiger partial charge in [-0.25, -0.2) is 0 Å². The highest BCUT2D eigenvalue weighted by Crippen LogP contribution is 2.39. The molecule has 2 rings (SSSR count). The van der Waals surface area contributed by atoms with Crippen LogP contribution in [0.5, 0.6) is 0 Å². The Hall–Kier alpha value is -1.59. The Morgan fingerprint density at radius 2 is 1.90 bits per heavy atom. The van der Waals surface area contributed by atoms with Crippen LogP contribution in [0.3, 0.4) is 0 Å². The van der Waals surface area contributed by atoms with E-state index in [2.05, 4.69) is 0 Å². The van der Waals surface area contributed by atoms with Crippen molar-refractivity contribution in [1.29, 1.82) is 0 Å². The number of carbonyl (C=O) groups excluding carboxylic acids is 2. The van der Waals surface area contributed by atoms with Gasteiger partial charge in [0.05, 0.1) is 18.4 Å². The normalized spacial score (nSPS) is 30.4. The first-order chi connectivity index (χ1) is 9.93. The van der Waals surface area contributed by atoms with E-state index in [1.165, 1.54) is 0 Å². The van der Waals surface area contributed by atoms with Crippen LogP contribution in [0.15, 0.2) is 0 Å². The quantitative estimate of drug-likeness (QED) is 0.836. The van der Waals surface area contributed by atoms with Crippen molar-refractivity contribution in [3.8, 4) is 0 Å². The molecular weight excluding hydrogens is 272 g/mol. The molecule has 0 aromatic heterocycles. The fourth-order valence-electron chi connectivity index (χ4n) is 3.43. The average Bonchev–Trinajstić information content (AvgIpc) is 2.82. The Balaban J connectivity index is 2.10. The van der Waals surface area contributed by atoms with Crippen molar-refractivity contribution in [2.24, 2.45) is 17.8 Å². The van der Waals surface area contributed by atoms with E-state index in [9.17, 15) is 19.5 Å². The molecule has 0 aromatic rings. The summed E-state index contributed by atoms with van der Waals surface area (Å²) in [7, 11) is 1.74. The lowest BCUT2D eigenvalue weighted by atomic mass is 9.94. The zero-order chi connectivity index (χ0) is 15.6. The first kappa shape index (κ1) is 15.8. The molecule has 0 radical (unpaired) electrons. The molecule has 6 nitrogen and oxygen atoms in total. The van der Waals surface area contributed by atoms with Crippen LogP contribution in [0.2, 0.25) is 0 Å². The van der Waals surface area contributed by atoms with Crippen LogP contribution < -0.4 is 0 Å². The van der Waals surface area contributed by atoms with Crippen LogP contribution in [0.1, 0.15) is 32.6 Å². The van der Waals surface area contributed by atoms with E-state index < -0.39 is 17.8 Å². The Morgan fingerprint density at radius 3 is 2.52 bits per heavy atom. The Kier molecular flexibility index (Phi) is 4.85. The maximum atomic E-state index is 12.7. The van der Waals surface area contributed by atoms with E-state index in [1.807, 2.05) is 6.92 Å². The van der Waals surface area contributed by atoms with Crippen molar-refractivity contribution in [2.45, 2.75) is 32.6 Å². The largest absolute Gasteiger partial charge is 0.481 e. The van der Waals surface area contributed by atoms with Gasteiger partial charge in [0.15, 0.2) is 0 Å². The van der Waals surface area contributed by atoms with E-state index in [4.69, 9.17) is 0 Å². The van der Waals surface area contributed by atoms with Crippen molar-refractivity contribution < 1.29 is 19.5 Å². The van der Waals surface area contributed by atoms with Crippen LogP contribution >= 0.6 is 0 Å². The number of hydrogen-bond acceptors (Lipinski definition) is 3. The van der Waals surface area contributed by atoms with Crippen molar-refractivity contribution in [1.82, 2.24) is 9.80 Å². The summed E-state index contributed by atoms with van der Waals surface area (Å²) in [4.78, 5) is 39.2. The number of hydrogen-bond donors (Lipinski definition) is 1. The van der Waals surface area contributed by atoms with Gasteiger partial charge in [0.2, 0.25) is 11.8 Å². The number of carbonyl (C=O) groups is 3. The molecule has 118 valence electrons. The van der Waals surface area contributed by atoms with Gasteiger partial charge in [0.1, 0.15) is 0 Å². The molecule has 1 saturated carbocycles. The number of aliphatic carboxylic acids is 1. The van der Waals surface area contributed by atoms with Crippen LogP contribution in [0, 0.1) is 17.8 Å². The number of nitrogens with zero attached hydrogens (tertiary/aromatic N) is 2. The fourth-order valence-corrected chi connectivity index (χ4v) is 3.43. The fraction of sp³-hybridized carbons (Fsp3) is 0.800. The van der Waals surface area contributed by atoms with Crippen molar-refractivity contribution in [3.63, 3.8) is 0 Å². The lowest BCUT2D eigenvalue weighted by molar-refractivity contribution is -0.149. The number of rotatable bonds is 3. The van der Waals surface area contributed by atoms with Gasteiger partial charge >= 0.3 is 5.97 Å². The molecule has 2 fully saturated rings. The lowest BCUT2D eigenvalue weighted by Crippen LogP contribution is -2.43. The highest BCUT2D eigenvalue weighted by molar-refractivity contribution is 5.89. The summed E-state index contributed by atoms with van der Waals surface area (Å²) in [5, 5.41) is 9.35. The first-order valence-electron chi connectivity index (χ1n) is 7.69. The Labute approximate surface area is 125 Å². The van der Waals surface area contributed by atoms with E-state index in [0.29, 0.717) is 31.8 Å². The van der Waals surface area contributed by atoms with Gasteiger partial charge in [-0.15, -0.1) is 0 Å². The van der Waals surface area contributed by atoms with Gasteiger partial charge in [0, 0.05) is 20.1 Å². The summed E-state index contributed by atoms with van der Waals surface area (Å²) < 4.78 is 0. The molecular formula is C15H24N2O4. The van der Waals surface area contributed by atoms with Gasteiger partial charge in [-0.3, -0.25) is 14.4 Å². The second-order valence-electron chi connectivity index (χ2n) is 6.23. The van der Waals surface area contributed by atoms with Gasteiger partial charge in [-0.1, -0.05) is 13.3 Å². The van der Waals surface area contributed by atoms with Crippen molar-refractivity contribution in [2.75, 3.05) is 26.7 Å². The summed E-state index contributed by atoms with van der Waals surface area (Å²) in [5.41, 5.74) is 0. The van der Waals surface area contributed by atoms with Gasteiger partial charge < -0.3 is 14.9 Å². The molecule has 1 N–H and O–H groups in total. The van der Waals surface area contributed by atoms with E-state index >= 15 is 0 Å². The molecule has 2 aliphatic rings. The standard InChI is InChI=1S/C15H24N2O4/c1-3-10-7-11(12(8-10)15(20)21)14(19)17-6-4-5-16(2)13(18)9-17/h10-12H,3-9H2,1-2H3,(H,20,21)/t10?,11-,12+/m0/s1. The summed E-state index contributed by atoms with van der Waals surface area (Å²) >= 11 is 0. The smallest absolute Gasteiger partial charge is 0.307 e. The molecule has 6 heteroatoms. The third kappa shape index (κ3) is 3.36. The molecule has 1 aliphatic carbocycles. The summed E-state index contributed by atoms with van der Waals surface area (Å²) in [6.45, 7) is 3.29. The summed E-state index contributed by atoms with van der Waals surface area (Å²) in [5.74, 6) is -1.88. The van der Waals surface area contributed by atoms with Crippen LogP contribution in [0.25, 0.3) is 0 Å². The molecule has 1 heterocycles. The third-order valence-electron chi connectivity index (χ3n) is 4.86. The minimum absolute atomic E-state index is 0.0715. The van der Waals surface area contributed by atoms with Gasteiger partial charge in [-0.05, 0) is 25.2 Å². The number of carboxylic acid groups (broad SMARTS) is 1. The van der Waals surface area contributed by atoms with E-state index in [1.54, 1.807) is 16.8 Å². The minimum Gasteiger partial charge on any atom is -0.481 e. The molecule has 0 bridgehead atoms. The molecule has 2 amide bonds. The summed E-state index contributed by atoms with van der Waals surface area (Å²) in [6, 6.07) is 0. The minimum atomic E-state index is -0.887. The zero-order valence-electron chi connectivity index (χ0n) is 12.7. The average molecular weight is 296 g/mol. The maximum absolute atomic E-state index is 12.7. The molecule has 3 atom stereocenters. The van der Waals surface area contributed by atoms with Crippen LogP contribution in [0.4, 0.5) is 0 Å². The van der Waals surface area contributed by atoms with Gasteiger partial charge in [-0.2, -0.15) is 0 Å². The highest BCUT2D eigenvalue weighted by atomic mass is 16.4. The number of carboxylic acids is 1. The van der Waals surface area contributed by atoms with Crippen molar-refractivity contribution >= 4 is 17.8 Å². The zero-order valence-corrected chi connectivity index (χ0v) is 12.7. The molecule has 0 aromatic carbocycles. The SMILES string of the molecule is CCC1C[C@H](C(=O)N2CCCN(C)C(=O)C2)[C@H](C(=O)O)C1. The molecule has 1 saturated heterocycles. The lowest BCUT2D eigenvalue weighted by Gasteiger charge is -2.25. The molecule has 1 aliphatic heterocycles. The summed E-state index contributed by atoms with van der Waals surface area (Å²) in [6.07, 6.45) is 2.85. The Bertz CT molecular complexity index is 437. The molecule has 1 unspecified atom stereocenters. The predicted molar refractivity (Wildman–Crippen MR) is 76.5 cm³/mol. The monoisotopic (exact) mass is 296 g/mol. The second kappa shape index (κ2) is 6.45. The second-order valence-corrected chi connectivity index (χ2v) is 6.23. The van der Waals surface area contributed by atoms with E-state index in [-0.39, 0.29) is 18.4 Å². The number of amides is 2. The van der Waals surface area contributed by atoms with Gasteiger partial charge in [0.25, 0.3) is 0 Å². The first-order valence-corrected chi connectivity index (χ1v) is 7.69. The Morgan fingerprint density at radius 1 is 1.24 bits per heavy atom. The van der Waals surface area contributed by atoms with Crippen molar-refractivity contribution in [3.05, 3.63) is 0 Å².